The third-order valence-electron chi connectivity index (χ3n) is 0.587. The second-order valence-electron chi connectivity index (χ2n) is 1.37. The van der Waals surface area contributed by atoms with E-state index in [4.69, 9.17) is 4.89 Å². The minimum atomic E-state index is -2.65. The molecule has 1 N–H and O–H groups in total. The molecule has 0 saturated carbocycles. The van der Waals surface area contributed by atoms with Crippen molar-refractivity contribution in [2.75, 3.05) is 12.8 Å². The molecule has 0 heterocycles. The fourth-order valence-electron chi connectivity index (χ4n) is 0. The van der Waals surface area contributed by atoms with Gasteiger partial charge >= 0.3 is 0 Å². The number of hydrogen-bond acceptors (Lipinski definition) is 1. The van der Waals surface area contributed by atoms with Gasteiger partial charge in [-0.3, -0.25) is 4.57 Å². The first-order valence-electron chi connectivity index (χ1n) is 1.85. The molecule has 1 unspecified atom stereocenters. The van der Waals surface area contributed by atoms with Gasteiger partial charge in [0.05, 0.1) is 0 Å². The summed E-state index contributed by atoms with van der Waals surface area (Å²) >= 11 is 0. The Labute approximate surface area is 58.6 Å². The van der Waals surface area contributed by atoms with Crippen molar-refractivity contribution in [3.8, 4) is 0 Å². The minimum Gasteiger partial charge on any atom is -0.344 e. The second-order valence-corrected chi connectivity index (χ2v) is 4.10. The smallest absolute Gasteiger partial charge is 0.197 e. The van der Waals surface area contributed by atoms with Gasteiger partial charge in [0, 0.05) is 34.5 Å². The van der Waals surface area contributed by atoms with Crippen LogP contribution in [-0.2, 0) is 26.3 Å². The first-order chi connectivity index (χ1) is 2.56. The molecule has 0 amide bonds. The van der Waals surface area contributed by atoms with Gasteiger partial charge in [-0.2, -0.15) is 0 Å². The standard InChI is InChI=1S/C3H9O2P.Ti/c1-3-6(2,4)5;/h3H2,1-2H3,(H,4,5);. The summed E-state index contributed by atoms with van der Waals surface area (Å²) in [5.74, 6) is 0. The number of hydrogen-bond donors (Lipinski definition) is 1. The van der Waals surface area contributed by atoms with Gasteiger partial charge in [0.25, 0.3) is 0 Å². The van der Waals surface area contributed by atoms with E-state index in [9.17, 15) is 4.57 Å². The largest absolute Gasteiger partial charge is 0.344 e. The fourth-order valence-corrected chi connectivity index (χ4v) is 0. The van der Waals surface area contributed by atoms with E-state index in [2.05, 4.69) is 0 Å². The molecule has 0 aromatic carbocycles. The molecule has 7 heavy (non-hydrogen) atoms. The van der Waals surface area contributed by atoms with Crippen molar-refractivity contribution in [3.63, 3.8) is 0 Å². The molecule has 0 aliphatic rings. The van der Waals surface area contributed by atoms with Crippen LogP contribution in [-0.4, -0.2) is 17.7 Å². The first kappa shape index (κ1) is 10.8. The maximum absolute atomic E-state index is 10.1. The van der Waals surface area contributed by atoms with Crippen molar-refractivity contribution in [1.82, 2.24) is 0 Å². The molecule has 0 bridgehead atoms. The maximum Gasteiger partial charge on any atom is 0.197 e. The summed E-state index contributed by atoms with van der Waals surface area (Å²) < 4.78 is 10.1. The average molecular weight is 156 g/mol. The Hall–Kier alpha value is 0.904. The molecule has 0 radical (unpaired) electrons. The van der Waals surface area contributed by atoms with E-state index < -0.39 is 7.37 Å². The van der Waals surface area contributed by atoms with E-state index in [0.717, 1.165) is 0 Å². The molecule has 2 nitrogen and oxygen atoms in total. The molecular weight excluding hydrogens is 147 g/mol. The second kappa shape index (κ2) is 3.85. The van der Waals surface area contributed by atoms with Gasteiger partial charge < -0.3 is 4.89 Å². The monoisotopic (exact) mass is 156 g/mol. The zero-order valence-electron chi connectivity index (χ0n) is 4.51. The summed E-state index contributed by atoms with van der Waals surface area (Å²) in [6.07, 6.45) is 0.382. The topological polar surface area (TPSA) is 37.3 Å². The molecule has 0 fully saturated rings. The van der Waals surface area contributed by atoms with Gasteiger partial charge in [0.1, 0.15) is 0 Å². The predicted molar refractivity (Wildman–Crippen MR) is 26.3 cm³/mol. The summed E-state index contributed by atoms with van der Waals surface area (Å²) in [5, 5.41) is 0. The molecule has 4 heteroatoms. The van der Waals surface area contributed by atoms with E-state index in [0.29, 0.717) is 6.16 Å². The third-order valence-corrected chi connectivity index (χ3v) is 1.76. The Balaban J connectivity index is 0. The minimum absolute atomic E-state index is 0. The molecule has 0 rings (SSSR count). The van der Waals surface area contributed by atoms with Crippen LogP contribution in [0.5, 0.6) is 0 Å². The SMILES string of the molecule is CCP(C)(=O)O.[Ti]. The maximum atomic E-state index is 10.1. The van der Waals surface area contributed by atoms with Crippen LogP contribution >= 0.6 is 7.37 Å². The van der Waals surface area contributed by atoms with Gasteiger partial charge in [-0.15, -0.1) is 0 Å². The van der Waals surface area contributed by atoms with Crippen molar-refractivity contribution in [2.24, 2.45) is 0 Å². The molecular formula is C3H9O2PTi. The van der Waals surface area contributed by atoms with Crippen molar-refractivity contribution in [1.29, 1.82) is 0 Å². The number of rotatable bonds is 1. The van der Waals surface area contributed by atoms with Crippen LogP contribution in [0.15, 0.2) is 0 Å². The Morgan fingerprint density at radius 1 is 1.71 bits per heavy atom. The van der Waals surface area contributed by atoms with Crippen LogP contribution < -0.4 is 0 Å². The molecule has 0 saturated heterocycles. The Kier molecular flexibility index (Phi) is 5.95. The molecule has 0 aliphatic heterocycles. The average Bonchev–Trinajstić information content (AvgIpc) is 1.35. The normalized spacial score (nSPS) is 17.0. The Morgan fingerprint density at radius 2 is 1.86 bits per heavy atom. The molecule has 0 aliphatic carbocycles. The van der Waals surface area contributed by atoms with Crippen LogP contribution in [0.2, 0.25) is 0 Å². The quantitative estimate of drug-likeness (QED) is 0.452. The Bertz CT molecular complexity index is 77.0. The molecule has 0 aromatic rings. The van der Waals surface area contributed by atoms with Gasteiger partial charge in [-0.05, 0) is 0 Å². The molecule has 0 spiro atoms. The summed E-state index contributed by atoms with van der Waals surface area (Å²) in [7, 11) is -2.65. The zero-order chi connectivity index (χ0) is 5.21. The van der Waals surface area contributed by atoms with Gasteiger partial charge in [0.15, 0.2) is 7.37 Å². The molecule has 1 atom stereocenters. The van der Waals surface area contributed by atoms with Crippen LogP contribution in [0.3, 0.4) is 0 Å². The third kappa shape index (κ3) is 10.9. The van der Waals surface area contributed by atoms with Crippen LogP contribution in [0.4, 0.5) is 0 Å². The summed E-state index contributed by atoms with van der Waals surface area (Å²) in [5.41, 5.74) is 0. The van der Waals surface area contributed by atoms with Crippen LogP contribution in [0, 0.1) is 0 Å². The van der Waals surface area contributed by atoms with Crippen molar-refractivity contribution < 1.29 is 31.2 Å². The zero-order valence-corrected chi connectivity index (χ0v) is 6.97. The summed E-state index contributed by atoms with van der Waals surface area (Å²) in [6.45, 7) is 3.05. The van der Waals surface area contributed by atoms with Gasteiger partial charge in [0.2, 0.25) is 0 Å². The van der Waals surface area contributed by atoms with Gasteiger partial charge in [-0.1, -0.05) is 6.92 Å². The van der Waals surface area contributed by atoms with E-state index in [1.54, 1.807) is 6.92 Å². The van der Waals surface area contributed by atoms with Gasteiger partial charge in [-0.25, -0.2) is 0 Å². The van der Waals surface area contributed by atoms with Crippen molar-refractivity contribution in [3.05, 3.63) is 0 Å². The van der Waals surface area contributed by atoms with Crippen molar-refractivity contribution in [2.45, 2.75) is 6.92 Å². The molecule has 42 valence electrons. The fraction of sp³-hybridized carbons (Fsp3) is 1.00. The summed E-state index contributed by atoms with van der Waals surface area (Å²) in [4.78, 5) is 8.38. The van der Waals surface area contributed by atoms with E-state index in [-0.39, 0.29) is 21.7 Å². The van der Waals surface area contributed by atoms with Crippen molar-refractivity contribution >= 4 is 7.37 Å². The Morgan fingerprint density at radius 3 is 1.86 bits per heavy atom. The van der Waals surface area contributed by atoms with Crippen LogP contribution in [0.25, 0.3) is 0 Å². The van der Waals surface area contributed by atoms with Crippen LogP contribution in [0.1, 0.15) is 6.92 Å². The predicted octanol–water partition coefficient (Wildman–Crippen LogP) is 0.904. The first-order valence-corrected chi connectivity index (χ1v) is 4.15. The molecule has 0 aromatic heterocycles. The van der Waals surface area contributed by atoms with E-state index in [1.165, 1.54) is 6.66 Å². The van der Waals surface area contributed by atoms with E-state index in [1.807, 2.05) is 0 Å². The summed E-state index contributed by atoms with van der Waals surface area (Å²) in [6, 6.07) is 0. The van der Waals surface area contributed by atoms with E-state index >= 15 is 0 Å².